The average molecular weight is 250 g/mol. The summed E-state index contributed by atoms with van der Waals surface area (Å²) < 4.78 is 0. The smallest absolute Gasteiger partial charge is 0.225 e. The van der Waals surface area contributed by atoms with E-state index >= 15 is 0 Å². The molecule has 2 rings (SSSR count). The summed E-state index contributed by atoms with van der Waals surface area (Å²) in [5, 5.41) is 12.6. The van der Waals surface area contributed by atoms with Crippen LogP contribution in [-0.2, 0) is 4.79 Å². The van der Waals surface area contributed by atoms with Crippen molar-refractivity contribution in [2.75, 3.05) is 18.0 Å². The van der Waals surface area contributed by atoms with Gasteiger partial charge >= 0.3 is 0 Å². The van der Waals surface area contributed by atoms with Gasteiger partial charge in [0.15, 0.2) is 0 Å². The molecule has 1 amide bonds. The minimum absolute atomic E-state index is 0.137. The third kappa shape index (κ3) is 2.76. The molecule has 0 aromatic carbocycles. The topological polar surface area (TPSA) is 78.4 Å². The molecule has 0 unspecified atom stereocenters. The third-order valence-electron chi connectivity index (χ3n) is 2.93. The van der Waals surface area contributed by atoms with Gasteiger partial charge in [-0.05, 0) is 19.9 Å². The fraction of sp³-hybridized carbons (Fsp3) is 0.583. The molecule has 1 saturated heterocycles. The number of hydrogen-bond donors (Lipinski definition) is 2. The van der Waals surface area contributed by atoms with Crippen LogP contribution in [0, 0.1) is 13.8 Å². The minimum atomic E-state index is -0.585. The van der Waals surface area contributed by atoms with Crippen LogP contribution in [0.5, 0.6) is 0 Å². The maximum atomic E-state index is 11.0. The van der Waals surface area contributed by atoms with Crippen molar-refractivity contribution in [2.24, 2.45) is 0 Å². The monoisotopic (exact) mass is 250 g/mol. The molecule has 2 heterocycles. The van der Waals surface area contributed by atoms with E-state index in [4.69, 9.17) is 0 Å². The summed E-state index contributed by atoms with van der Waals surface area (Å²) in [4.78, 5) is 21.6. The van der Waals surface area contributed by atoms with Crippen molar-refractivity contribution < 1.29 is 9.90 Å². The number of carbonyl (C=O) groups excluding carboxylic acids is 1. The van der Waals surface area contributed by atoms with Gasteiger partial charge < -0.3 is 15.3 Å². The van der Waals surface area contributed by atoms with E-state index in [1.54, 1.807) is 0 Å². The highest BCUT2D eigenvalue weighted by atomic mass is 16.3. The number of carbonyl (C=O) groups is 1. The van der Waals surface area contributed by atoms with Gasteiger partial charge in [0.2, 0.25) is 11.9 Å². The Morgan fingerprint density at radius 1 is 1.39 bits per heavy atom. The second-order valence-corrected chi connectivity index (χ2v) is 4.73. The molecule has 0 aliphatic carbocycles. The Morgan fingerprint density at radius 2 is 2.00 bits per heavy atom. The fourth-order valence-corrected chi connectivity index (χ4v) is 2.20. The van der Waals surface area contributed by atoms with Crippen LogP contribution in [0.15, 0.2) is 6.07 Å². The summed E-state index contributed by atoms with van der Waals surface area (Å²) in [7, 11) is 0. The van der Waals surface area contributed by atoms with E-state index in [1.165, 1.54) is 6.92 Å². The number of aliphatic hydroxyl groups excluding tert-OH is 1. The van der Waals surface area contributed by atoms with Crippen LogP contribution >= 0.6 is 0 Å². The summed E-state index contributed by atoms with van der Waals surface area (Å²) >= 11 is 0. The van der Waals surface area contributed by atoms with E-state index in [1.807, 2.05) is 24.8 Å². The van der Waals surface area contributed by atoms with Crippen LogP contribution in [-0.4, -0.2) is 46.2 Å². The molecule has 6 nitrogen and oxygen atoms in total. The fourth-order valence-electron chi connectivity index (χ4n) is 2.20. The van der Waals surface area contributed by atoms with E-state index in [9.17, 15) is 9.90 Å². The van der Waals surface area contributed by atoms with Crippen LogP contribution in [0.25, 0.3) is 0 Å². The molecule has 2 atom stereocenters. The number of β-amino-alcohol motifs (C(OH)–C–C–N with tert-alkyl or cyclic N) is 1. The SMILES string of the molecule is CC(=O)N[C@@H]1CN(c2nc(C)cc(C)n2)C[C@H]1O. The molecule has 1 aromatic heterocycles. The predicted molar refractivity (Wildman–Crippen MR) is 67.3 cm³/mol. The Kier molecular flexibility index (Phi) is 3.47. The minimum Gasteiger partial charge on any atom is -0.389 e. The van der Waals surface area contributed by atoms with Crippen LogP contribution in [0.2, 0.25) is 0 Å². The molecular formula is C12H18N4O2. The van der Waals surface area contributed by atoms with E-state index in [0.29, 0.717) is 19.0 Å². The lowest BCUT2D eigenvalue weighted by atomic mass is 10.2. The number of aryl methyl sites for hydroxylation is 2. The van der Waals surface area contributed by atoms with Crippen molar-refractivity contribution in [2.45, 2.75) is 32.9 Å². The standard InChI is InChI=1S/C12H18N4O2/c1-7-4-8(2)14-12(13-7)16-5-10(11(18)6-16)15-9(3)17/h4,10-11,18H,5-6H2,1-3H3,(H,15,17)/t10-,11-/m1/s1. The summed E-state index contributed by atoms with van der Waals surface area (Å²) in [5.74, 6) is 0.474. The summed E-state index contributed by atoms with van der Waals surface area (Å²) in [6.45, 7) is 6.24. The molecule has 1 aliphatic heterocycles. The Balaban J connectivity index is 2.13. The maximum Gasteiger partial charge on any atom is 0.225 e. The van der Waals surface area contributed by atoms with Crippen LogP contribution in [0.1, 0.15) is 18.3 Å². The largest absolute Gasteiger partial charge is 0.389 e. The highest BCUT2D eigenvalue weighted by molar-refractivity contribution is 5.73. The van der Waals surface area contributed by atoms with Gasteiger partial charge in [0, 0.05) is 31.4 Å². The van der Waals surface area contributed by atoms with Gasteiger partial charge in [0.05, 0.1) is 12.1 Å². The molecule has 98 valence electrons. The summed E-state index contributed by atoms with van der Waals surface area (Å²) in [5.41, 5.74) is 1.80. The van der Waals surface area contributed by atoms with Crippen LogP contribution < -0.4 is 10.2 Å². The molecule has 18 heavy (non-hydrogen) atoms. The van der Waals surface area contributed by atoms with E-state index in [-0.39, 0.29) is 11.9 Å². The summed E-state index contributed by atoms with van der Waals surface area (Å²) in [6, 6.07) is 1.65. The molecule has 0 bridgehead atoms. The van der Waals surface area contributed by atoms with E-state index in [2.05, 4.69) is 15.3 Å². The first-order valence-corrected chi connectivity index (χ1v) is 5.98. The molecule has 1 aromatic rings. The van der Waals surface area contributed by atoms with Crippen molar-refractivity contribution in [3.63, 3.8) is 0 Å². The first-order valence-electron chi connectivity index (χ1n) is 5.98. The number of nitrogens with one attached hydrogen (secondary N) is 1. The van der Waals surface area contributed by atoms with Crippen LogP contribution in [0.3, 0.4) is 0 Å². The zero-order chi connectivity index (χ0) is 13.3. The number of amides is 1. The second kappa shape index (κ2) is 4.89. The Hall–Kier alpha value is -1.69. The molecule has 6 heteroatoms. The molecule has 1 aliphatic rings. The lowest BCUT2D eigenvalue weighted by Crippen LogP contribution is -2.41. The Labute approximate surface area is 106 Å². The van der Waals surface area contributed by atoms with Crippen LogP contribution in [0.4, 0.5) is 5.95 Å². The highest BCUT2D eigenvalue weighted by Crippen LogP contribution is 2.17. The number of aromatic nitrogens is 2. The van der Waals surface area contributed by atoms with Crippen molar-refractivity contribution >= 4 is 11.9 Å². The number of aliphatic hydroxyl groups is 1. The quantitative estimate of drug-likeness (QED) is 0.758. The Bertz CT molecular complexity index is 443. The van der Waals surface area contributed by atoms with Gasteiger partial charge in [-0.3, -0.25) is 4.79 Å². The van der Waals surface area contributed by atoms with Gasteiger partial charge in [-0.1, -0.05) is 0 Å². The van der Waals surface area contributed by atoms with Gasteiger partial charge in [-0.15, -0.1) is 0 Å². The third-order valence-corrected chi connectivity index (χ3v) is 2.93. The first kappa shape index (κ1) is 12.8. The highest BCUT2D eigenvalue weighted by Gasteiger charge is 2.33. The molecule has 0 radical (unpaired) electrons. The lowest BCUT2D eigenvalue weighted by molar-refractivity contribution is -0.120. The maximum absolute atomic E-state index is 11.0. The number of nitrogens with zero attached hydrogens (tertiary/aromatic N) is 3. The number of rotatable bonds is 2. The molecule has 0 saturated carbocycles. The zero-order valence-corrected chi connectivity index (χ0v) is 10.8. The van der Waals surface area contributed by atoms with Gasteiger partial charge in [-0.25, -0.2) is 9.97 Å². The number of hydrogen-bond acceptors (Lipinski definition) is 5. The number of anilines is 1. The zero-order valence-electron chi connectivity index (χ0n) is 10.8. The van der Waals surface area contributed by atoms with Crippen molar-refractivity contribution in [1.82, 2.24) is 15.3 Å². The first-order chi connectivity index (χ1) is 8.45. The Morgan fingerprint density at radius 3 is 2.56 bits per heavy atom. The normalized spacial score (nSPS) is 23.2. The summed E-state index contributed by atoms with van der Waals surface area (Å²) in [6.07, 6.45) is -0.585. The van der Waals surface area contributed by atoms with Crippen molar-refractivity contribution in [3.05, 3.63) is 17.5 Å². The molecule has 1 fully saturated rings. The van der Waals surface area contributed by atoms with Gasteiger partial charge in [-0.2, -0.15) is 0 Å². The van der Waals surface area contributed by atoms with E-state index < -0.39 is 6.10 Å². The molecular weight excluding hydrogens is 232 g/mol. The molecule has 0 spiro atoms. The lowest BCUT2D eigenvalue weighted by Gasteiger charge is -2.16. The average Bonchev–Trinajstić information content (AvgIpc) is 2.58. The van der Waals surface area contributed by atoms with Crippen molar-refractivity contribution in [1.29, 1.82) is 0 Å². The predicted octanol–water partition coefficient (Wildman–Crippen LogP) is -0.221. The second-order valence-electron chi connectivity index (χ2n) is 4.73. The van der Waals surface area contributed by atoms with E-state index in [0.717, 1.165) is 11.4 Å². The van der Waals surface area contributed by atoms with Gasteiger partial charge in [0.25, 0.3) is 0 Å². The molecule has 2 N–H and O–H groups in total. The van der Waals surface area contributed by atoms with Gasteiger partial charge in [0.1, 0.15) is 0 Å². The van der Waals surface area contributed by atoms with Crippen molar-refractivity contribution in [3.8, 4) is 0 Å².